The quantitative estimate of drug-likeness (QED) is 0.0461. The van der Waals surface area contributed by atoms with Gasteiger partial charge in [-0.2, -0.15) is 15.3 Å². The molecular formula is C83H85FN16O9. The summed E-state index contributed by atoms with van der Waals surface area (Å²) in [6.45, 7) is 15.4. The molecule has 6 aromatic carbocycles. The van der Waals surface area contributed by atoms with Crippen LogP contribution in [0.4, 0.5) is 21.8 Å². The molecule has 9 heterocycles. The van der Waals surface area contributed by atoms with E-state index in [1.54, 1.807) is 40.1 Å². The first kappa shape index (κ1) is 74.2. The Hall–Kier alpha value is -13.1. The van der Waals surface area contributed by atoms with Gasteiger partial charge in [0.25, 0.3) is 16.7 Å². The minimum atomic E-state index is -0.377. The van der Waals surface area contributed by atoms with Crippen LogP contribution in [0.1, 0.15) is 67.8 Å². The number of H-pyrrole nitrogens is 3. The van der Waals surface area contributed by atoms with Crippen molar-refractivity contribution < 1.29 is 33.0 Å². The van der Waals surface area contributed by atoms with E-state index in [9.17, 15) is 33.2 Å². The number of hydrogen-bond acceptors (Lipinski definition) is 16. The molecule has 0 aliphatic carbocycles. The van der Waals surface area contributed by atoms with E-state index >= 15 is 0 Å². The molecule has 3 unspecified atom stereocenters. The van der Waals surface area contributed by atoms with Crippen molar-refractivity contribution in [2.75, 3.05) is 77.1 Å². The Kier molecular flexibility index (Phi) is 22.3. The van der Waals surface area contributed by atoms with Crippen LogP contribution in [0.2, 0.25) is 0 Å². The molecule has 26 heteroatoms. The van der Waals surface area contributed by atoms with Crippen molar-refractivity contribution in [3.8, 4) is 67.9 Å². The second-order valence-electron chi connectivity index (χ2n) is 27.6. The molecule has 15 rings (SSSR count). The summed E-state index contributed by atoms with van der Waals surface area (Å²) in [7, 11) is 3.90. The Morgan fingerprint density at radius 2 is 0.835 bits per heavy atom. The maximum absolute atomic E-state index is 13.5. The van der Waals surface area contributed by atoms with Gasteiger partial charge in [-0.1, -0.05) is 91.5 Å². The van der Waals surface area contributed by atoms with Crippen LogP contribution in [0, 0.1) is 19.7 Å². The molecule has 0 saturated carbocycles. The van der Waals surface area contributed by atoms with Gasteiger partial charge in [-0.05, 0) is 174 Å². The van der Waals surface area contributed by atoms with Crippen molar-refractivity contribution in [2.24, 2.45) is 0 Å². The lowest BCUT2D eigenvalue weighted by atomic mass is 10.1. The van der Waals surface area contributed by atoms with Gasteiger partial charge in [-0.15, -0.1) is 0 Å². The first-order valence-electron chi connectivity index (χ1n) is 36.0. The number of piperidine rings is 3. The Morgan fingerprint density at radius 3 is 1.19 bits per heavy atom. The molecule has 9 N–H and O–H groups in total. The van der Waals surface area contributed by atoms with Gasteiger partial charge >= 0.3 is 0 Å². The normalized spacial score (nSPS) is 15.8. The summed E-state index contributed by atoms with van der Waals surface area (Å²) in [4.78, 5) is 83.4. The lowest BCUT2D eigenvalue weighted by molar-refractivity contribution is -0.128. The summed E-state index contributed by atoms with van der Waals surface area (Å²) in [5.74, 6) is 3.97. The van der Waals surface area contributed by atoms with E-state index in [-0.39, 0.29) is 75.8 Å². The number of nitrogens with two attached hydrogens (primary N) is 3. The molecule has 558 valence electrons. The summed E-state index contributed by atoms with van der Waals surface area (Å²) < 4.78 is 37.1. The van der Waals surface area contributed by atoms with Crippen LogP contribution in [0.25, 0.3) is 66.1 Å². The summed E-state index contributed by atoms with van der Waals surface area (Å²) in [5, 5.41) is 21.3. The third kappa shape index (κ3) is 16.6. The van der Waals surface area contributed by atoms with Crippen molar-refractivity contribution in [1.29, 1.82) is 0 Å². The number of nitrogen functional groups attached to an aromatic ring is 3. The number of rotatable bonds is 17. The molecule has 0 bridgehead atoms. The fraction of sp³-hybridized carbons (Fsp3) is 0.241. The first-order chi connectivity index (χ1) is 52.7. The van der Waals surface area contributed by atoms with Crippen molar-refractivity contribution in [1.82, 2.24) is 63.9 Å². The standard InChI is InChI=1S/C29H31FN6O3.2C27H27N5O3/c1-34(2)14-5-9-25(37)35-15-4-7-21(17-35)36-18-24(26-27(36)29(38)33-32-28(26)31)19-10-12-22(13-11-19)39-23-8-3-6-20(30)16-23;1-3-23(33)31-13-5-7-19(15-31)32-16-22(24-25(32)27(34)30-29-26(24)28)18-9-11-20(12-10-18)35-21-8-4-6-17(2)14-21;1-3-23(33)31-14-4-5-19(15-31)32-16-22(24-25(32)27(34)30-29-26(24)28)18-8-12-21(13-9-18)35-20-10-6-17(2)7-11-20/h3,5-6,8-13,16,18,21H,4,7,14-15,17H2,1-2H3,(H2,31,32)(H,33,38);3-4,6,8-12,14,16,19H,1,5,7,13,15H2,2H3,(H2,28,29)(H,30,34);3,6-13,16,19H,1,4-5,14-15H2,2H3,(H2,28,29)(H,30,34)/b9-5+;;. The molecule has 3 aliphatic rings. The summed E-state index contributed by atoms with van der Waals surface area (Å²) in [6.07, 6.45) is 16.9. The highest BCUT2D eigenvalue weighted by Crippen LogP contribution is 2.41. The number of likely N-dealkylation sites (tertiary alicyclic amines) is 3. The number of ether oxygens (including phenoxy) is 3. The van der Waals surface area contributed by atoms with Gasteiger partial charge < -0.3 is 64.7 Å². The van der Waals surface area contributed by atoms with E-state index in [4.69, 9.17) is 31.4 Å². The minimum Gasteiger partial charge on any atom is -0.457 e. The number of carbonyl (C=O) groups is 3. The second-order valence-corrected chi connectivity index (χ2v) is 27.6. The van der Waals surface area contributed by atoms with Crippen LogP contribution in [0.3, 0.4) is 0 Å². The number of benzene rings is 6. The van der Waals surface area contributed by atoms with Crippen LogP contribution in [0.5, 0.6) is 34.5 Å². The van der Waals surface area contributed by atoms with Crippen LogP contribution < -0.4 is 48.1 Å². The number of hydrogen-bond donors (Lipinski definition) is 6. The lowest BCUT2D eigenvalue weighted by Gasteiger charge is -2.33. The van der Waals surface area contributed by atoms with E-state index in [0.29, 0.717) is 102 Å². The fourth-order valence-electron chi connectivity index (χ4n) is 14.4. The van der Waals surface area contributed by atoms with Crippen molar-refractivity contribution in [3.63, 3.8) is 0 Å². The van der Waals surface area contributed by atoms with E-state index in [1.165, 1.54) is 29.8 Å². The predicted molar refractivity (Wildman–Crippen MR) is 422 cm³/mol. The fourth-order valence-corrected chi connectivity index (χ4v) is 14.4. The SMILES string of the molecule is C=CC(=O)N1CCCC(n2cc(-c3ccc(Oc4ccc(C)cc4)cc3)c3c(N)n[nH]c(=O)c32)C1.C=CC(=O)N1CCCC(n2cc(-c3ccc(Oc4cccc(C)c4)cc3)c3c(N)n[nH]c(=O)c32)C1.CN(C)C/C=C/C(=O)N1CCCC(n2cc(-c3ccc(Oc4cccc(F)c4)cc3)c3c(N)n[nH]c(=O)c32)C1. The van der Waals surface area contributed by atoms with E-state index < -0.39 is 0 Å². The zero-order valence-electron chi connectivity index (χ0n) is 61.0. The Morgan fingerprint density at radius 1 is 0.486 bits per heavy atom. The van der Waals surface area contributed by atoms with Crippen molar-refractivity contribution in [2.45, 2.75) is 70.5 Å². The second kappa shape index (κ2) is 32.7. The van der Waals surface area contributed by atoms with Gasteiger partial charge in [0.05, 0.1) is 34.3 Å². The highest BCUT2D eigenvalue weighted by molar-refractivity contribution is 6.04. The smallest absolute Gasteiger partial charge is 0.288 e. The zero-order valence-corrected chi connectivity index (χ0v) is 61.0. The average molecular weight is 1470 g/mol. The molecule has 25 nitrogen and oxygen atoms in total. The predicted octanol–water partition coefficient (Wildman–Crippen LogP) is 13.0. The molecule has 3 atom stereocenters. The van der Waals surface area contributed by atoms with E-state index in [1.807, 2.05) is 185 Å². The van der Waals surface area contributed by atoms with Gasteiger partial charge in [0, 0.05) is 93.2 Å². The lowest BCUT2D eigenvalue weighted by Crippen LogP contribution is -2.40. The maximum Gasteiger partial charge on any atom is 0.288 e. The molecular weight excluding hydrogens is 1380 g/mol. The van der Waals surface area contributed by atoms with Gasteiger partial charge in [0.2, 0.25) is 17.7 Å². The number of aromatic nitrogens is 9. The monoisotopic (exact) mass is 1470 g/mol. The van der Waals surface area contributed by atoms with Gasteiger partial charge in [-0.3, -0.25) is 28.8 Å². The van der Waals surface area contributed by atoms with Gasteiger partial charge in [0.15, 0.2) is 17.5 Å². The molecule has 12 aromatic rings. The number of nitrogens with zero attached hydrogens (tertiary/aromatic N) is 10. The third-order valence-corrected chi connectivity index (χ3v) is 19.7. The van der Waals surface area contributed by atoms with Crippen LogP contribution >= 0.6 is 0 Å². The first-order valence-corrected chi connectivity index (χ1v) is 36.0. The van der Waals surface area contributed by atoms with Gasteiger partial charge in [0.1, 0.15) is 56.9 Å². The molecule has 3 saturated heterocycles. The number of halogens is 1. The average Bonchev–Trinajstić information content (AvgIpc) is 1.61. The van der Waals surface area contributed by atoms with Crippen LogP contribution in [0.15, 0.2) is 216 Å². The zero-order chi connectivity index (χ0) is 76.6. The number of aromatic amines is 3. The molecule has 3 aliphatic heterocycles. The molecule has 6 aromatic heterocycles. The largest absolute Gasteiger partial charge is 0.457 e. The van der Waals surface area contributed by atoms with E-state index in [0.717, 1.165) is 89.0 Å². The Bertz CT molecular complexity index is 5580. The number of fused-ring (bicyclic) bond motifs is 3. The van der Waals surface area contributed by atoms with Crippen LogP contribution in [-0.2, 0) is 14.4 Å². The molecule has 0 spiro atoms. The highest BCUT2D eigenvalue weighted by atomic mass is 19.1. The topological polar surface area (TPSA) is 322 Å². The molecule has 0 radical (unpaired) electrons. The number of carbonyl (C=O) groups excluding carboxylic acids is 3. The number of aryl methyl sites for hydroxylation is 2. The minimum absolute atomic E-state index is 0.0396. The number of amides is 3. The summed E-state index contributed by atoms with van der Waals surface area (Å²) in [5.41, 5.74) is 26.4. The number of nitrogens with one attached hydrogen (secondary N) is 3. The molecule has 3 fully saturated rings. The number of likely N-dealkylation sites (N-methyl/N-ethyl adjacent to an activating group) is 1. The maximum atomic E-state index is 13.5. The highest BCUT2D eigenvalue weighted by Gasteiger charge is 2.32. The van der Waals surface area contributed by atoms with Gasteiger partial charge in [-0.25, -0.2) is 19.7 Å². The van der Waals surface area contributed by atoms with Crippen molar-refractivity contribution in [3.05, 3.63) is 250 Å². The third-order valence-electron chi connectivity index (χ3n) is 19.7. The summed E-state index contributed by atoms with van der Waals surface area (Å²) >= 11 is 0. The van der Waals surface area contributed by atoms with Crippen LogP contribution in [-0.4, -0.2) is 142 Å². The molecule has 3 amide bonds. The van der Waals surface area contributed by atoms with Crippen molar-refractivity contribution >= 4 is 67.9 Å². The molecule has 109 heavy (non-hydrogen) atoms. The Balaban J connectivity index is 0.000000144. The Labute approximate surface area is 626 Å². The number of anilines is 3. The van der Waals surface area contributed by atoms with E-state index in [2.05, 4.69) is 43.7 Å². The summed E-state index contributed by atoms with van der Waals surface area (Å²) in [6, 6.07) is 44.1.